The predicted octanol–water partition coefficient (Wildman–Crippen LogP) is 3.75. The second-order valence-electron chi connectivity index (χ2n) is 2.83. The first-order chi connectivity index (χ1) is 6.29. The fourth-order valence-corrected chi connectivity index (χ4v) is 5.60. The van der Waals surface area contributed by atoms with Gasteiger partial charge in [0.05, 0.1) is 14.4 Å². The van der Waals surface area contributed by atoms with Crippen LogP contribution in [0.15, 0.2) is 14.3 Å². The summed E-state index contributed by atoms with van der Waals surface area (Å²) in [6, 6.07) is 1.92. The van der Waals surface area contributed by atoms with Gasteiger partial charge in [-0.25, -0.2) is 8.42 Å². The molecular weight excluding hydrogens is 420 g/mol. The summed E-state index contributed by atoms with van der Waals surface area (Å²) in [5.41, 5.74) is 0. The number of rotatable bonds is 3. The summed E-state index contributed by atoms with van der Waals surface area (Å²) >= 11 is 11.6. The van der Waals surface area contributed by atoms with E-state index in [0.717, 1.165) is 13.1 Å². The normalized spacial score (nSPS) is 14.3. The van der Waals surface area contributed by atoms with Gasteiger partial charge in [-0.1, -0.05) is 15.9 Å². The van der Waals surface area contributed by atoms with E-state index in [2.05, 4.69) is 47.8 Å². The lowest BCUT2D eigenvalue weighted by Crippen LogP contribution is -2.07. The van der Waals surface area contributed by atoms with Crippen LogP contribution >= 0.6 is 59.1 Å². The Balaban J connectivity index is 2.85. The zero-order valence-electron chi connectivity index (χ0n) is 7.13. The van der Waals surface area contributed by atoms with Crippen molar-refractivity contribution in [1.82, 2.24) is 0 Å². The molecule has 1 aromatic heterocycles. The molecule has 0 amide bonds. The highest BCUT2D eigenvalue weighted by Crippen LogP contribution is 2.38. The first-order valence-electron chi connectivity index (χ1n) is 3.56. The lowest BCUT2D eigenvalue weighted by molar-refractivity contribution is 0.601. The first kappa shape index (κ1) is 13.2. The highest BCUT2D eigenvalue weighted by Gasteiger charge is 2.17. The minimum absolute atomic E-state index is 0.117. The summed E-state index contributed by atoms with van der Waals surface area (Å²) in [5, 5.41) is 0. The Morgan fingerprint density at radius 1 is 1.50 bits per heavy atom. The fourth-order valence-electron chi connectivity index (χ4n) is 0.866. The van der Waals surface area contributed by atoms with Crippen molar-refractivity contribution in [2.75, 3.05) is 12.0 Å². The monoisotopic (exact) mass is 424 g/mol. The van der Waals surface area contributed by atoms with Gasteiger partial charge < -0.3 is 0 Å². The van der Waals surface area contributed by atoms with Crippen LogP contribution in [-0.2, 0) is 9.84 Å². The van der Waals surface area contributed by atoms with E-state index >= 15 is 0 Å². The summed E-state index contributed by atoms with van der Waals surface area (Å²) in [7, 11) is -2.95. The lowest BCUT2D eigenvalue weighted by atomic mass is 10.4. The number of thiophene rings is 1. The van der Waals surface area contributed by atoms with Crippen molar-refractivity contribution in [2.45, 2.75) is 4.83 Å². The third-order valence-electron chi connectivity index (χ3n) is 1.42. The van der Waals surface area contributed by atoms with Gasteiger partial charge in [-0.2, -0.15) is 0 Å². The van der Waals surface area contributed by atoms with E-state index in [1.165, 1.54) is 17.6 Å². The maximum atomic E-state index is 11.1. The van der Waals surface area contributed by atoms with Crippen LogP contribution in [0.4, 0.5) is 0 Å². The number of halogens is 3. The van der Waals surface area contributed by atoms with Gasteiger partial charge >= 0.3 is 0 Å². The average molecular weight is 427 g/mol. The van der Waals surface area contributed by atoms with Crippen molar-refractivity contribution in [3.63, 3.8) is 0 Å². The molecule has 0 aromatic carbocycles. The topological polar surface area (TPSA) is 34.1 Å². The van der Waals surface area contributed by atoms with Gasteiger partial charge in [0.15, 0.2) is 0 Å². The highest BCUT2D eigenvalue weighted by atomic mass is 79.9. The number of hydrogen-bond donors (Lipinski definition) is 0. The van der Waals surface area contributed by atoms with Gasteiger partial charge in [0.1, 0.15) is 9.84 Å². The number of sulfone groups is 1. The molecule has 0 aliphatic rings. The minimum atomic E-state index is -2.95. The Morgan fingerprint density at radius 2 is 2.07 bits per heavy atom. The standard InChI is InChI=1S/C7H7Br3O2S2/c1-14(11,12)3-5(9)6-2-4(8)7(10)13-6/h2,5H,3H2,1H3. The molecule has 7 heteroatoms. The van der Waals surface area contributed by atoms with E-state index in [1.54, 1.807) is 0 Å². The van der Waals surface area contributed by atoms with Gasteiger partial charge in [-0.05, 0) is 37.9 Å². The van der Waals surface area contributed by atoms with Gasteiger partial charge in [0.2, 0.25) is 0 Å². The van der Waals surface area contributed by atoms with Crippen LogP contribution in [0.1, 0.15) is 9.70 Å². The summed E-state index contributed by atoms with van der Waals surface area (Å²) in [6.45, 7) is 0. The Kier molecular flexibility index (Phi) is 4.65. The number of hydrogen-bond acceptors (Lipinski definition) is 3. The van der Waals surface area contributed by atoms with Gasteiger partial charge in [0.25, 0.3) is 0 Å². The van der Waals surface area contributed by atoms with Crippen LogP contribution in [-0.4, -0.2) is 20.4 Å². The molecule has 0 radical (unpaired) electrons. The molecule has 0 aliphatic carbocycles. The first-order valence-corrected chi connectivity index (χ1v) is 8.94. The fraction of sp³-hybridized carbons (Fsp3) is 0.429. The summed E-state index contributed by atoms with van der Waals surface area (Å²) < 4.78 is 24.0. The van der Waals surface area contributed by atoms with Gasteiger partial charge in [-0.3, -0.25) is 0 Å². The van der Waals surface area contributed by atoms with Crippen molar-refractivity contribution in [1.29, 1.82) is 0 Å². The molecule has 1 unspecified atom stereocenters. The van der Waals surface area contributed by atoms with Crippen molar-refractivity contribution in [3.8, 4) is 0 Å². The number of alkyl halides is 1. The van der Waals surface area contributed by atoms with E-state index in [4.69, 9.17) is 0 Å². The molecule has 0 saturated carbocycles. The third-order valence-corrected chi connectivity index (χ3v) is 7.28. The summed E-state index contributed by atoms with van der Waals surface area (Å²) in [6.07, 6.45) is 1.24. The molecular formula is C7H7Br3O2S2. The lowest BCUT2D eigenvalue weighted by Gasteiger charge is -2.04. The molecule has 0 aliphatic heterocycles. The zero-order valence-corrected chi connectivity index (χ0v) is 13.5. The molecule has 2 nitrogen and oxygen atoms in total. The Labute approximate surface area is 112 Å². The summed E-state index contributed by atoms with van der Waals surface area (Å²) in [4.78, 5) is 0.860. The molecule has 14 heavy (non-hydrogen) atoms. The van der Waals surface area contributed by atoms with E-state index in [-0.39, 0.29) is 10.6 Å². The molecule has 0 saturated heterocycles. The maximum absolute atomic E-state index is 11.1. The van der Waals surface area contributed by atoms with Gasteiger partial charge in [-0.15, -0.1) is 11.3 Å². The van der Waals surface area contributed by atoms with E-state index in [9.17, 15) is 8.42 Å². The largest absolute Gasteiger partial charge is 0.229 e. The highest BCUT2D eigenvalue weighted by molar-refractivity contribution is 9.13. The maximum Gasteiger partial charge on any atom is 0.148 e. The summed E-state index contributed by atoms with van der Waals surface area (Å²) in [5.74, 6) is 0.117. The van der Waals surface area contributed by atoms with Crippen molar-refractivity contribution < 1.29 is 8.42 Å². The second-order valence-corrected chi connectivity index (χ2v) is 9.38. The molecule has 80 valence electrons. The zero-order chi connectivity index (χ0) is 10.9. The van der Waals surface area contributed by atoms with Crippen LogP contribution in [0.2, 0.25) is 0 Å². The Hall–Kier alpha value is 1.09. The van der Waals surface area contributed by atoms with Crippen LogP contribution in [0.5, 0.6) is 0 Å². The quantitative estimate of drug-likeness (QED) is 0.690. The molecule has 1 aromatic rings. The molecule has 0 N–H and O–H groups in total. The molecule has 1 atom stereocenters. The van der Waals surface area contributed by atoms with Crippen LogP contribution in [0.25, 0.3) is 0 Å². The molecule has 0 bridgehead atoms. The smallest absolute Gasteiger partial charge is 0.148 e. The Morgan fingerprint density at radius 3 is 2.43 bits per heavy atom. The SMILES string of the molecule is CS(=O)(=O)CC(Br)c1cc(Br)c(Br)s1. The van der Waals surface area contributed by atoms with E-state index in [1.807, 2.05) is 6.07 Å². The second kappa shape index (κ2) is 4.95. The minimum Gasteiger partial charge on any atom is -0.229 e. The molecule has 0 spiro atoms. The molecule has 1 heterocycles. The van der Waals surface area contributed by atoms with Crippen molar-refractivity contribution >= 4 is 69.0 Å². The molecule has 0 fully saturated rings. The van der Waals surface area contributed by atoms with Crippen LogP contribution in [0, 0.1) is 0 Å². The van der Waals surface area contributed by atoms with Crippen molar-refractivity contribution in [2.24, 2.45) is 0 Å². The van der Waals surface area contributed by atoms with Crippen molar-refractivity contribution in [3.05, 3.63) is 19.2 Å². The van der Waals surface area contributed by atoms with E-state index in [0.29, 0.717) is 0 Å². The van der Waals surface area contributed by atoms with Gasteiger partial charge in [0, 0.05) is 15.6 Å². The van der Waals surface area contributed by atoms with Crippen LogP contribution < -0.4 is 0 Å². The average Bonchev–Trinajstić information content (AvgIpc) is 2.28. The Bertz CT molecular complexity index is 405. The third kappa shape index (κ3) is 3.92. The van der Waals surface area contributed by atoms with Crippen LogP contribution in [0.3, 0.4) is 0 Å². The predicted molar refractivity (Wildman–Crippen MR) is 71.1 cm³/mol. The van der Waals surface area contributed by atoms with E-state index < -0.39 is 9.84 Å². The molecule has 1 rings (SSSR count).